The average Bonchev–Trinajstić information content (AvgIpc) is 2.68. The Morgan fingerprint density at radius 3 is 2.14 bits per heavy atom. The van der Waals surface area contributed by atoms with Crippen LogP contribution < -0.4 is 16.0 Å². The van der Waals surface area contributed by atoms with Crippen molar-refractivity contribution in [3.05, 3.63) is 66.5 Å². The third-order valence-electron chi connectivity index (χ3n) is 3.70. The third kappa shape index (κ3) is 5.04. The van der Waals surface area contributed by atoms with E-state index in [1.165, 1.54) is 20.4 Å². The predicted octanol–water partition coefficient (Wildman–Crippen LogP) is 3.71. The molecule has 8 heteroatoms. The number of esters is 1. The van der Waals surface area contributed by atoms with Crippen LogP contribution in [0.3, 0.4) is 0 Å². The molecule has 0 fully saturated rings. The van der Waals surface area contributed by atoms with Gasteiger partial charge in [-0.3, -0.25) is 4.79 Å². The Labute approximate surface area is 162 Å². The Morgan fingerprint density at radius 2 is 1.50 bits per heavy atom. The molecule has 1 heterocycles. The van der Waals surface area contributed by atoms with E-state index in [1.807, 2.05) is 18.2 Å². The Balaban J connectivity index is 1.70. The summed E-state index contributed by atoms with van der Waals surface area (Å²) in [4.78, 5) is 31.1. The molecule has 0 spiro atoms. The summed E-state index contributed by atoms with van der Waals surface area (Å²) in [6.07, 6.45) is 1.44. The average molecular weight is 377 g/mol. The number of aromatic nitrogens is 2. The first-order chi connectivity index (χ1) is 13.5. The van der Waals surface area contributed by atoms with E-state index in [1.54, 1.807) is 36.4 Å². The second-order valence-electron chi connectivity index (χ2n) is 5.87. The first kappa shape index (κ1) is 18.8. The van der Waals surface area contributed by atoms with Crippen molar-refractivity contribution >= 4 is 40.6 Å². The number of rotatable bonds is 6. The minimum atomic E-state index is -0.387. The Bertz CT molecular complexity index is 989. The maximum Gasteiger partial charge on any atom is 0.337 e. The second-order valence-corrected chi connectivity index (χ2v) is 5.87. The molecule has 0 aliphatic rings. The van der Waals surface area contributed by atoms with Gasteiger partial charge in [0.1, 0.15) is 18.0 Å². The van der Waals surface area contributed by atoms with Gasteiger partial charge in [-0.15, -0.1) is 0 Å². The summed E-state index contributed by atoms with van der Waals surface area (Å²) in [7, 11) is 1.34. The fourth-order valence-corrected chi connectivity index (χ4v) is 2.48. The summed E-state index contributed by atoms with van der Waals surface area (Å²) in [5.41, 5.74) is 2.70. The molecule has 0 saturated heterocycles. The Hall–Kier alpha value is -3.94. The van der Waals surface area contributed by atoms with E-state index in [2.05, 4.69) is 30.7 Å². The van der Waals surface area contributed by atoms with Crippen LogP contribution in [0.5, 0.6) is 0 Å². The number of carbonyl (C=O) groups excluding carboxylic acids is 2. The highest BCUT2D eigenvalue weighted by molar-refractivity contribution is 5.90. The van der Waals surface area contributed by atoms with Gasteiger partial charge in [0.2, 0.25) is 5.91 Å². The summed E-state index contributed by atoms with van der Waals surface area (Å²) in [5.74, 6) is 0.649. The Kier molecular flexibility index (Phi) is 5.81. The number of ether oxygens (including phenoxy) is 1. The number of hydrogen-bond acceptors (Lipinski definition) is 7. The number of hydrogen-bond donors (Lipinski definition) is 3. The van der Waals surface area contributed by atoms with Crippen molar-refractivity contribution in [2.45, 2.75) is 6.92 Å². The van der Waals surface area contributed by atoms with E-state index in [0.717, 1.165) is 11.4 Å². The summed E-state index contributed by atoms with van der Waals surface area (Å²) < 4.78 is 4.68. The molecule has 28 heavy (non-hydrogen) atoms. The predicted molar refractivity (Wildman–Crippen MR) is 107 cm³/mol. The first-order valence-corrected chi connectivity index (χ1v) is 8.45. The molecule has 0 aliphatic heterocycles. The van der Waals surface area contributed by atoms with Crippen LogP contribution >= 0.6 is 0 Å². The minimum absolute atomic E-state index is 0.135. The van der Waals surface area contributed by atoms with Gasteiger partial charge in [0.15, 0.2) is 0 Å². The van der Waals surface area contributed by atoms with Crippen LogP contribution in [0.2, 0.25) is 0 Å². The molecular formula is C20H19N5O3. The molecule has 3 rings (SSSR count). The lowest BCUT2D eigenvalue weighted by Crippen LogP contribution is -2.06. The van der Waals surface area contributed by atoms with Gasteiger partial charge in [0.25, 0.3) is 0 Å². The van der Waals surface area contributed by atoms with E-state index in [4.69, 9.17) is 0 Å². The van der Waals surface area contributed by atoms with E-state index in [9.17, 15) is 9.59 Å². The highest BCUT2D eigenvalue weighted by Crippen LogP contribution is 2.21. The van der Waals surface area contributed by atoms with Crippen LogP contribution in [0.15, 0.2) is 60.9 Å². The summed E-state index contributed by atoms with van der Waals surface area (Å²) in [5, 5.41) is 9.06. The van der Waals surface area contributed by atoms with Crippen molar-refractivity contribution in [3.63, 3.8) is 0 Å². The molecule has 0 radical (unpaired) electrons. The zero-order valence-electron chi connectivity index (χ0n) is 15.4. The minimum Gasteiger partial charge on any atom is -0.465 e. The number of nitrogens with zero attached hydrogens (tertiary/aromatic N) is 2. The Morgan fingerprint density at radius 1 is 0.857 bits per heavy atom. The van der Waals surface area contributed by atoms with Crippen molar-refractivity contribution in [2.24, 2.45) is 0 Å². The lowest BCUT2D eigenvalue weighted by Gasteiger charge is -2.10. The molecule has 8 nitrogen and oxygen atoms in total. The maximum absolute atomic E-state index is 11.5. The molecule has 0 atom stereocenters. The van der Waals surface area contributed by atoms with Crippen molar-refractivity contribution in [3.8, 4) is 0 Å². The van der Waals surface area contributed by atoms with Gasteiger partial charge in [-0.05, 0) is 42.5 Å². The van der Waals surface area contributed by atoms with Crippen LogP contribution in [-0.2, 0) is 9.53 Å². The van der Waals surface area contributed by atoms with E-state index >= 15 is 0 Å². The van der Waals surface area contributed by atoms with Crippen molar-refractivity contribution in [1.29, 1.82) is 0 Å². The standard InChI is InChI=1S/C20H19N5O3/c1-13(26)23-16-4-3-5-17(10-16)25-19-11-18(21-12-22-19)24-15-8-6-14(7-9-15)20(27)28-2/h3-12H,1-2H3,(H,23,26)(H2,21,22,24,25). The van der Waals surface area contributed by atoms with Crippen molar-refractivity contribution in [2.75, 3.05) is 23.1 Å². The quantitative estimate of drug-likeness (QED) is 0.562. The van der Waals surface area contributed by atoms with Crippen LogP contribution in [-0.4, -0.2) is 29.0 Å². The topological polar surface area (TPSA) is 105 Å². The summed E-state index contributed by atoms with van der Waals surface area (Å²) in [6.45, 7) is 1.46. The van der Waals surface area contributed by atoms with E-state index in [-0.39, 0.29) is 11.9 Å². The van der Waals surface area contributed by atoms with Gasteiger partial charge < -0.3 is 20.7 Å². The molecule has 0 aliphatic carbocycles. The van der Waals surface area contributed by atoms with Crippen LogP contribution in [0.25, 0.3) is 0 Å². The molecule has 1 amide bonds. The largest absolute Gasteiger partial charge is 0.465 e. The molecule has 0 bridgehead atoms. The molecule has 2 aromatic carbocycles. The van der Waals surface area contributed by atoms with Gasteiger partial charge in [0.05, 0.1) is 12.7 Å². The van der Waals surface area contributed by atoms with Gasteiger partial charge >= 0.3 is 5.97 Å². The first-order valence-electron chi connectivity index (χ1n) is 8.45. The van der Waals surface area contributed by atoms with Crippen molar-refractivity contribution < 1.29 is 14.3 Å². The molecule has 3 aromatic rings. The second kappa shape index (κ2) is 8.63. The van der Waals surface area contributed by atoms with Crippen molar-refractivity contribution in [1.82, 2.24) is 9.97 Å². The molecule has 142 valence electrons. The van der Waals surface area contributed by atoms with Crippen LogP contribution in [0, 0.1) is 0 Å². The maximum atomic E-state index is 11.5. The molecule has 0 unspecified atom stereocenters. The molecule has 0 saturated carbocycles. The molecule has 1 aromatic heterocycles. The zero-order valence-corrected chi connectivity index (χ0v) is 15.4. The van der Waals surface area contributed by atoms with Crippen LogP contribution in [0.4, 0.5) is 28.7 Å². The summed E-state index contributed by atoms with van der Waals surface area (Å²) >= 11 is 0. The monoisotopic (exact) mass is 377 g/mol. The number of anilines is 5. The highest BCUT2D eigenvalue weighted by Gasteiger charge is 2.06. The van der Waals surface area contributed by atoms with E-state index in [0.29, 0.717) is 22.9 Å². The SMILES string of the molecule is COC(=O)c1ccc(Nc2cc(Nc3cccc(NC(C)=O)c3)ncn2)cc1. The molecule has 3 N–H and O–H groups in total. The number of amides is 1. The number of carbonyl (C=O) groups is 2. The number of methoxy groups -OCH3 is 1. The van der Waals surface area contributed by atoms with Gasteiger partial charge in [-0.1, -0.05) is 6.07 Å². The van der Waals surface area contributed by atoms with Crippen LogP contribution in [0.1, 0.15) is 17.3 Å². The highest BCUT2D eigenvalue weighted by atomic mass is 16.5. The number of nitrogens with one attached hydrogen (secondary N) is 3. The fraction of sp³-hybridized carbons (Fsp3) is 0.100. The smallest absolute Gasteiger partial charge is 0.337 e. The van der Waals surface area contributed by atoms with Gasteiger partial charge in [-0.2, -0.15) is 0 Å². The summed E-state index contributed by atoms with van der Waals surface area (Å²) in [6, 6.07) is 15.9. The lowest BCUT2D eigenvalue weighted by molar-refractivity contribution is -0.114. The number of benzene rings is 2. The lowest BCUT2D eigenvalue weighted by atomic mass is 10.2. The van der Waals surface area contributed by atoms with Gasteiger partial charge in [0, 0.05) is 30.1 Å². The van der Waals surface area contributed by atoms with Gasteiger partial charge in [-0.25, -0.2) is 14.8 Å². The zero-order chi connectivity index (χ0) is 19.9. The fourth-order valence-electron chi connectivity index (χ4n) is 2.48. The normalized spacial score (nSPS) is 10.1. The van der Waals surface area contributed by atoms with E-state index < -0.39 is 0 Å². The third-order valence-corrected chi connectivity index (χ3v) is 3.70. The molecular weight excluding hydrogens is 358 g/mol.